The highest BCUT2D eigenvalue weighted by Gasteiger charge is 2.58. The van der Waals surface area contributed by atoms with E-state index in [1.807, 2.05) is 0 Å². The van der Waals surface area contributed by atoms with Gasteiger partial charge in [-0.05, 0) is 47.1 Å². The van der Waals surface area contributed by atoms with Crippen molar-refractivity contribution in [2.75, 3.05) is 0 Å². The molecule has 0 N–H and O–H groups in total. The van der Waals surface area contributed by atoms with E-state index in [0.29, 0.717) is 29.6 Å². The molecule has 2 aromatic carbocycles. The Morgan fingerprint density at radius 3 is 1.48 bits per heavy atom. The smallest absolute Gasteiger partial charge is 0.0456 e. The van der Waals surface area contributed by atoms with Crippen molar-refractivity contribution < 1.29 is 0 Å². The zero-order chi connectivity index (χ0) is 20.7. The second kappa shape index (κ2) is 7.54. The molecule has 0 amide bonds. The van der Waals surface area contributed by atoms with Gasteiger partial charge < -0.3 is 0 Å². The van der Waals surface area contributed by atoms with Crippen molar-refractivity contribution in [3.8, 4) is 0 Å². The number of allylic oxidation sites excluding steroid dienone is 12. The van der Waals surface area contributed by atoms with Crippen LogP contribution in [0.1, 0.15) is 17.5 Å². The lowest BCUT2D eigenvalue weighted by Gasteiger charge is -2.47. The van der Waals surface area contributed by atoms with E-state index >= 15 is 0 Å². The maximum absolute atomic E-state index is 2.50. The number of benzene rings is 2. The van der Waals surface area contributed by atoms with E-state index in [1.165, 1.54) is 16.7 Å². The van der Waals surface area contributed by atoms with Gasteiger partial charge in [0.05, 0.1) is 0 Å². The molecule has 31 heavy (non-hydrogen) atoms. The third-order valence-electron chi connectivity index (χ3n) is 7.95. The predicted octanol–water partition coefficient (Wildman–Crippen LogP) is 7.21. The molecular formula is C31H28. The Hall–Kier alpha value is -3.12. The van der Waals surface area contributed by atoms with Crippen molar-refractivity contribution in [3.05, 3.63) is 144 Å². The van der Waals surface area contributed by atoms with Gasteiger partial charge in [0, 0.05) is 5.41 Å². The van der Waals surface area contributed by atoms with Crippen LogP contribution in [-0.4, -0.2) is 0 Å². The molecule has 0 aromatic heterocycles. The highest BCUT2D eigenvalue weighted by molar-refractivity contribution is 5.55. The van der Waals surface area contributed by atoms with Gasteiger partial charge in [-0.2, -0.15) is 0 Å². The highest BCUT2D eigenvalue weighted by atomic mass is 14.6. The van der Waals surface area contributed by atoms with Crippen LogP contribution in [0.2, 0.25) is 0 Å². The molecule has 1 fully saturated rings. The minimum Gasteiger partial charge on any atom is -0.0805 e. The summed E-state index contributed by atoms with van der Waals surface area (Å²) in [5.41, 5.74) is 4.22. The van der Waals surface area contributed by atoms with Crippen LogP contribution in [0.25, 0.3) is 0 Å². The number of hydrogen-bond donors (Lipinski definition) is 0. The normalized spacial score (nSPS) is 30.3. The van der Waals surface area contributed by atoms with Crippen LogP contribution < -0.4 is 0 Å². The monoisotopic (exact) mass is 400 g/mol. The van der Waals surface area contributed by atoms with Gasteiger partial charge in [0.1, 0.15) is 0 Å². The number of rotatable bonds is 4. The summed E-state index contributed by atoms with van der Waals surface area (Å²) in [6.45, 7) is 0. The van der Waals surface area contributed by atoms with Crippen LogP contribution >= 0.6 is 0 Å². The molecule has 4 atom stereocenters. The molecule has 4 aliphatic rings. The quantitative estimate of drug-likeness (QED) is 0.509. The molecule has 0 heterocycles. The van der Waals surface area contributed by atoms with Crippen molar-refractivity contribution in [1.29, 1.82) is 0 Å². The van der Waals surface area contributed by atoms with Crippen LogP contribution in [0.3, 0.4) is 0 Å². The first-order valence-electron chi connectivity index (χ1n) is 11.6. The summed E-state index contributed by atoms with van der Waals surface area (Å²) in [5.74, 6) is 2.59. The summed E-state index contributed by atoms with van der Waals surface area (Å²) in [6, 6.07) is 22.6. The first-order chi connectivity index (χ1) is 15.4. The third-order valence-corrected chi connectivity index (χ3v) is 7.95. The molecule has 0 spiro atoms. The lowest BCUT2D eigenvalue weighted by Crippen LogP contribution is -2.43. The molecule has 0 radical (unpaired) electrons. The van der Waals surface area contributed by atoms with E-state index < -0.39 is 0 Å². The minimum absolute atomic E-state index is 0.153. The Morgan fingerprint density at radius 1 is 0.548 bits per heavy atom. The van der Waals surface area contributed by atoms with Crippen LogP contribution in [0, 0.1) is 29.6 Å². The van der Waals surface area contributed by atoms with Gasteiger partial charge in [0.2, 0.25) is 0 Å². The number of fused-ring (bicyclic) bond motifs is 3. The van der Waals surface area contributed by atoms with Crippen LogP contribution in [0.4, 0.5) is 0 Å². The molecule has 0 heteroatoms. The van der Waals surface area contributed by atoms with E-state index in [2.05, 4.69) is 127 Å². The summed E-state index contributed by atoms with van der Waals surface area (Å²) < 4.78 is 0. The van der Waals surface area contributed by atoms with Gasteiger partial charge in [-0.15, -0.1) is 0 Å². The summed E-state index contributed by atoms with van der Waals surface area (Å²) in [6.07, 6.45) is 27.0. The first kappa shape index (κ1) is 18.6. The van der Waals surface area contributed by atoms with E-state index in [9.17, 15) is 0 Å². The second-order valence-corrected chi connectivity index (χ2v) is 9.24. The van der Waals surface area contributed by atoms with Gasteiger partial charge in [0.15, 0.2) is 0 Å². The largest absolute Gasteiger partial charge is 0.0805 e. The molecule has 0 aliphatic heterocycles. The summed E-state index contributed by atoms with van der Waals surface area (Å²) in [4.78, 5) is 0. The zero-order valence-corrected chi connectivity index (χ0v) is 17.7. The SMILES string of the molecule is C1=CCC(C(c2ccccc2)(c2ccccc2)C2C3C=CC=CC3C3C=CC=CC32)=C1. The molecule has 1 saturated carbocycles. The maximum Gasteiger partial charge on any atom is 0.0456 e. The van der Waals surface area contributed by atoms with Crippen molar-refractivity contribution >= 4 is 0 Å². The van der Waals surface area contributed by atoms with E-state index in [-0.39, 0.29) is 5.41 Å². The van der Waals surface area contributed by atoms with Crippen molar-refractivity contribution in [3.63, 3.8) is 0 Å². The van der Waals surface area contributed by atoms with Crippen LogP contribution in [0.15, 0.2) is 133 Å². The highest BCUT2D eigenvalue weighted by Crippen LogP contribution is 2.62. The summed E-state index contributed by atoms with van der Waals surface area (Å²) >= 11 is 0. The van der Waals surface area contributed by atoms with E-state index in [1.54, 1.807) is 0 Å². The van der Waals surface area contributed by atoms with E-state index in [0.717, 1.165) is 6.42 Å². The maximum atomic E-state index is 2.50. The Bertz CT molecular complexity index is 1050. The lowest BCUT2D eigenvalue weighted by molar-refractivity contribution is 0.263. The average molecular weight is 401 g/mol. The van der Waals surface area contributed by atoms with Gasteiger partial charge in [-0.1, -0.05) is 133 Å². The molecule has 0 saturated heterocycles. The average Bonchev–Trinajstić information content (AvgIpc) is 3.49. The first-order valence-corrected chi connectivity index (χ1v) is 11.6. The summed E-state index contributed by atoms with van der Waals surface area (Å²) in [7, 11) is 0. The third kappa shape index (κ3) is 2.74. The predicted molar refractivity (Wildman–Crippen MR) is 130 cm³/mol. The fraction of sp³-hybridized carbons (Fsp3) is 0.226. The molecule has 4 aliphatic carbocycles. The molecule has 152 valence electrons. The van der Waals surface area contributed by atoms with Crippen molar-refractivity contribution in [1.82, 2.24) is 0 Å². The topological polar surface area (TPSA) is 0 Å². The Morgan fingerprint density at radius 2 is 1.03 bits per heavy atom. The van der Waals surface area contributed by atoms with Gasteiger partial charge in [0.25, 0.3) is 0 Å². The Balaban J connectivity index is 1.66. The summed E-state index contributed by atoms with van der Waals surface area (Å²) in [5, 5.41) is 0. The van der Waals surface area contributed by atoms with Gasteiger partial charge in [-0.3, -0.25) is 0 Å². The van der Waals surface area contributed by atoms with Crippen molar-refractivity contribution in [2.24, 2.45) is 29.6 Å². The fourth-order valence-corrected chi connectivity index (χ4v) is 6.88. The molecular weight excluding hydrogens is 372 g/mol. The Kier molecular flexibility index (Phi) is 4.53. The fourth-order valence-electron chi connectivity index (χ4n) is 6.88. The zero-order valence-electron chi connectivity index (χ0n) is 17.7. The second-order valence-electron chi connectivity index (χ2n) is 9.24. The van der Waals surface area contributed by atoms with Gasteiger partial charge in [-0.25, -0.2) is 0 Å². The number of hydrogen-bond acceptors (Lipinski definition) is 0. The molecule has 4 unspecified atom stereocenters. The van der Waals surface area contributed by atoms with Gasteiger partial charge >= 0.3 is 0 Å². The van der Waals surface area contributed by atoms with E-state index in [4.69, 9.17) is 0 Å². The standard InChI is InChI=1S/C31H28/c1-3-13-23(14-4-1)31(25-17-7-8-18-25,24-15-5-2-6-16-24)30-28-21-11-9-19-26(28)27-20-10-12-22-29(27)30/h1-17,19-22,26-30H,18H2. The van der Waals surface area contributed by atoms with Crippen LogP contribution in [0.5, 0.6) is 0 Å². The minimum atomic E-state index is -0.153. The molecule has 0 nitrogen and oxygen atoms in total. The Labute approximate surface area is 185 Å². The lowest BCUT2D eigenvalue weighted by atomic mass is 9.55. The van der Waals surface area contributed by atoms with Crippen LogP contribution in [-0.2, 0) is 5.41 Å². The molecule has 0 bridgehead atoms. The van der Waals surface area contributed by atoms with Crippen molar-refractivity contribution in [2.45, 2.75) is 11.8 Å². The molecule has 2 aromatic rings. The molecule has 6 rings (SSSR count).